The number of piperazine rings is 1. The molecule has 2 fully saturated rings. The lowest BCUT2D eigenvalue weighted by Gasteiger charge is -2.37. The number of hydrogen-bond donors (Lipinski definition) is 0. The lowest BCUT2D eigenvalue weighted by atomic mass is 9.88. The molecule has 1 saturated carbocycles. The molecule has 1 heterocycles. The van der Waals surface area contributed by atoms with Crippen molar-refractivity contribution in [3.8, 4) is 5.75 Å². The van der Waals surface area contributed by atoms with Crippen LogP contribution in [-0.4, -0.2) is 54.4 Å². The van der Waals surface area contributed by atoms with Gasteiger partial charge in [0.05, 0.1) is 13.0 Å². The Hall–Kier alpha value is -2.04. The molecule has 0 aromatic heterocycles. The second-order valence-electron chi connectivity index (χ2n) is 7.29. The highest BCUT2D eigenvalue weighted by Gasteiger charge is 2.29. The second-order valence-corrected chi connectivity index (χ2v) is 7.29. The zero-order valence-electron chi connectivity index (χ0n) is 15.8. The first-order valence-electron chi connectivity index (χ1n) is 9.95. The van der Waals surface area contributed by atoms with Crippen molar-refractivity contribution in [3.63, 3.8) is 0 Å². The number of carbonyl (C=O) groups excluding carboxylic acids is 2. The van der Waals surface area contributed by atoms with Crippen LogP contribution >= 0.6 is 0 Å². The van der Waals surface area contributed by atoms with Crippen molar-refractivity contribution >= 4 is 11.8 Å². The second kappa shape index (κ2) is 9.06. The summed E-state index contributed by atoms with van der Waals surface area (Å²) in [5.74, 6) is 1.50. The van der Waals surface area contributed by atoms with E-state index in [2.05, 4.69) is 0 Å². The van der Waals surface area contributed by atoms with Crippen LogP contribution in [0, 0.1) is 5.92 Å². The Morgan fingerprint density at radius 3 is 2.19 bits per heavy atom. The molecule has 142 valence electrons. The maximum Gasteiger partial charge on any atom is 0.227 e. The summed E-state index contributed by atoms with van der Waals surface area (Å²) in [6, 6.07) is 7.72. The van der Waals surface area contributed by atoms with Gasteiger partial charge in [-0.05, 0) is 37.5 Å². The van der Waals surface area contributed by atoms with Gasteiger partial charge >= 0.3 is 0 Å². The molecule has 1 aromatic rings. The molecule has 2 amide bonds. The molecule has 3 rings (SSSR count). The van der Waals surface area contributed by atoms with Crippen molar-refractivity contribution in [2.45, 2.75) is 45.4 Å². The number of carbonyl (C=O) groups is 2. The van der Waals surface area contributed by atoms with Gasteiger partial charge in [0.1, 0.15) is 5.75 Å². The monoisotopic (exact) mass is 358 g/mol. The molecule has 0 radical (unpaired) electrons. The molecule has 2 aliphatic rings. The Balaban J connectivity index is 1.46. The van der Waals surface area contributed by atoms with Crippen LogP contribution in [0.25, 0.3) is 0 Å². The van der Waals surface area contributed by atoms with E-state index < -0.39 is 0 Å². The van der Waals surface area contributed by atoms with Crippen molar-refractivity contribution < 1.29 is 14.3 Å². The third kappa shape index (κ3) is 4.77. The summed E-state index contributed by atoms with van der Waals surface area (Å²) in [4.78, 5) is 29.0. The molecule has 1 aromatic carbocycles. The lowest BCUT2D eigenvalue weighted by Crippen LogP contribution is -2.52. The van der Waals surface area contributed by atoms with Gasteiger partial charge in [-0.2, -0.15) is 0 Å². The topological polar surface area (TPSA) is 49.9 Å². The Morgan fingerprint density at radius 1 is 0.962 bits per heavy atom. The number of rotatable bonds is 5. The Kier molecular flexibility index (Phi) is 6.53. The third-order valence-electron chi connectivity index (χ3n) is 5.49. The van der Waals surface area contributed by atoms with Crippen LogP contribution in [0.5, 0.6) is 5.75 Å². The maximum atomic E-state index is 12.6. The van der Waals surface area contributed by atoms with E-state index in [0.29, 0.717) is 45.1 Å². The van der Waals surface area contributed by atoms with E-state index in [-0.39, 0.29) is 11.8 Å². The molecule has 5 heteroatoms. The summed E-state index contributed by atoms with van der Waals surface area (Å²) < 4.78 is 5.43. The van der Waals surface area contributed by atoms with Crippen molar-refractivity contribution in [1.29, 1.82) is 0 Å². The van der Waals surface area contributed by atoms with Gasteiger partial charge in [-0.15, -0.1) is 0 Å². The smallest absolute Gasteiger partial charge is 0.227 e. The summed E-state index contributed by atoms with van der Waals surface area (Å²) in [6.45, 7) is 5.23. The van der Waals surface area contributed by atoms with Crippen LogP contribution in [-0.2, 0) is 16.0 Å². The average Bonchev–Trinajstić information content (AvgIpc) is 2.70. The molecule has 0 bridgehead atoms. The van der Waals surface area contributed by atoms with Gasteiger partial charge in [0.2, 0.25) is 11.8 Å². The molecule has 0 unspecified atom stereocenters. The van der Waals surface area contributed by atoms with Crippen molar-refractivity contribution in [1.82, 2.24) is 9.80 Å². The first kappa shape index (κ1) is 18.7. The van der Waals surface area contributed by atoms with Gasteiger partial charge < -0.3 is 14.5 Å². The zero-order chi connectivity index (χ0) is 18.4. The molecular weight excluding hydrogens is 328 g/mol. The minimum absolute atomic E-state index is 0.138. The number of nitrogens with zero attached hydrogens (tertiary/aromatic N) is 2. The van der Waals surface area contributed by atoms with Gasteiger partial charge in [0.25, 0.3) is 0 Å². The van der Waals surface area contributed by atoms with Crippen molar-refractivity contribution in [2.75, 3.05) is 32.8 Å². The predicted octanol–water partition coefficient (Wildman–Crippen LogP) is 2.88. The fourth-order valence-electron chi connectivity index (χ4n) is 3.94. The maximum absolute atomic E-state index is 12.6. The summed E-state index contributed by atoms with van der Waals surface area (Å²) in [5.41, 5.74) is 0.999. The molecule has 1 saturated heterocycles. The van der Waals surface area contributed by atoms with E-state index in [1.807, 2.05) is 41.0 Å². The van der Waals surface area contributed by atoms with Crippen LogP contribution in [0.3, 0.4) is 0 Å². The van der Waals surface area contributed by atoms with Gasteiger partial charge in [0.15, 0.2) is 0 Å². The van der Waals surface area contributed by atoms with E-state index in [1.54, 1.807) is 0 Å². The Morgan fingerprint density at radius 2 is 1.58 bits per heavy atom. The molecule has 26 heavy (non-hydrogen) atoms. The average molecular weight is 358 g/mol. The first-order valence-corrected chi connectivity index (χ1v) is 9.95. The summed E-state index contributed by atoms with van der Waals surface area (Å²) in [6.07, 6.45) is 6.10. The van der Waals surface area contributed by atoms with Crippen molar-refractivity contribution in [3.05, 3.63) is 29.8 Å². The zero-order valence-corrected chi connectivity index (χ0v) is 15.8. The first-order chi connectivity index (χ1) is 12.7. The molecule has 1 aliphatic heterocycles. The van der Waals surface area contributed by atoms with E-state index in [9.17, 15) is 9.59 Å². The largest absolute Gasteiger partial charge is 0.494 e. The number of amides is 2. The third-order valence-corrected chi connectivity index (χ3v) is 5.49. The van der Waals surface area contributed by atoms with Crippen LogP contribution < -0.4 is 4.74 Å². The van der Waals surface area contributed by atoms with E-state index in [4.69, 9.17) is 4.74 Å². The van der Waals surface area contributed by atoms with Crippen LogP contribution in [0.4, 0.5) is 0 Å². The normalized spacial score (nSPS) is 18.7. The summed E-state index contributed by atoms with van der Waals surface area (Å²) in [5, 5.41) is 0. The molecule has 5 nitrogen and oxygen atoms in total. The van der Waals surface area contributed by atoms with Gasteiger partial charge in [-0.3, -0.25) is 9.59 Å². The quantitative estimate of drug-likeness (QED) is 0.813. The SMILES string of the molecule is CCOc1ccc(CC(=O)N2CCN(C(=O)C3CCCCC3)CC2)cc1. The number of benzene rings is 1. The highest BCUT2D eigenvalue weighted by molar-refractivity contribution is 5.81. The van der Waals surface area contributed by atoms with Gasteiger partial charge in [-0.25, -0.2) is 0 Å². The van der Waals surface area contributed by atoms with Crippen LogP contribution in [0.1, 0.15) is 44.6 Å². The number of ether oxygens (including phenoxy) is 1. The summed E-state index contributed by atoms with van der Waals surface area (Å²) >= 11 is 0. The standard InChI is InChI=1S/C21H30N2O3/c1-2-26-19-10-8-17(9-11-19)16-20(24)22-12-14-23(15-13-22)21(25)18-6-4-3-5-7-18/h8-11,18H,2-7,12-16H2,1H3. The van der Waals surface area contributed by atoms with Gasteiger partial charge in [0, 0.05) is 32.1 Å². The number of hydrogen-bond acceptors (Lipinski definition) is 3. The van der Waals surface area contributed by atoms with Crippen molar-refractivity contribution in [2.24, 2.45) is 5.92 Å². The highest BCUT2D eigenvalue weighted by atomic mass is 16.5. The minimum atomic E-state index is 0.138. The summed E-state index contributed by atoms with van der Waals surface area (Å²) in [7, 11) is 0. The van der Waals surface area contributed by atoms with E-state index >= 15 is 0 Å². The predicted molar refractivity (Wildman–Crippen MR) is 101 cm³/mol. The van der Waals surface area contributed by atoms with E-state index in [0.717, 1.165) is 24.2 Å². The van der Waals surface area contributed by atoms with Crippen LogP contribution in [0.2, 0.25) is 0 Å². The lowest BCUT2D eigenvalue weighted by molar-refractivity contribution is -0.142. The fraction of sp³-hybridized carbons (Fsp3) is 0.619. The molecule has 1 aliphatic carbocycles. The molecule has 0 spiro atoms. The Labute approximate surface area is 156 Å². The van der Waals surface area contributed by atoms with E-state index in [1.165, 1.54) is 19.3 Å². The molecular formula is C21H30N2O3. The fourth-order valence-corrected chi connectivity index (χ4v) is 3.94. The highest BCUT2D eigenvalue weighted by Crippen LogP contribution is 2.26. The molecule has 0 N–H and O–H groups in total. The Bertz CT molecular complexity index is 600. The minimum Gasteiger partial charge on any atom is -0.494 e. The van der Waals surface area contributed by atoms with Gasteiger partial charge in [-0.1, -0.05) is 31.4 Å². The van der Waals surface area contributed by atoms with Crippen LogP contribution in [0.15, 0.2) is 24.3 Å². The molecule has 0 atom stereocenters.